The van der Waals surface area contributed by atoms with E-state index >= 15 is 0 Å². The van der Waals surface area contributed by atoms with Gasteiger partial charge in [-0.25, -0.2) is 4.98 Å². The van der Waals surface area contributed by atoms with Crippen LogP contribution in [-0.4, -0.2) is 31.3 Å². The van der Waals surface area contributed by atoms with Gasteiger partial charge in [0.05, 0.1) is 17.4 Å². The Morgan fingerprint density at radius 2 is 2.16 bits per heavy atom. The minimum absolute atomic E-state index is 0.109. The molecule has 0 aliphatic rings. The van der Waals surface area contributed by atoms with Crippen LogP contribution >= 0.6 is 11.3 Å². The smallest absolute Gasteiger partial charge is 0.358 e. The van der Waals surface area contributed by atoms with E-state index in [0.717, 1.165) is 0 Å². The molecular formula is C15H12N6O3S. The Morgan fingerprint density at radius 1 is 1.36 bits per heavy atom. The van der Waals surface area contributed by atoms with Gasteiger partial charge in [0.1, 0.15) is 12.0 Å². The van der Waals surface area contributed by atoms with Crippen molar-refractivity contribution in [3.63, 3.8) is 0 Å². The number of hydrogen-bond donors (Lipinski definition) is 1. The van der Waals surface area contributed by atoms with Crippen LogP contribution < -0.4 is 10.5 Å². The monoisotopic (exact) mass is 356 g/mol. The second-order valence-electron chi connectivity index (χ2n) is 5.46. The van der Waals surface area contributed by atoms with Crippen LogP contribution in [0.3, 0.4) is 0 Å². The molecule has 0 atom stereocenters. The summed E-state index contributed by atoms with van der Waals surface area (Å²) in [5.41, 5.74) is 0.337. The molecule has 0 saturated heterocycles. The van der Waals surface area contributed by atoms with Gasteiger partial charge in [0.2, 0.25) is 5.82 Å². The van der Waals surface area contributed by atoms with E-state index in [1.807, 2.05) is 0 Å². The van der Waals surface area contributed by atoms with Crippen molar-refractivity contribution in [2.24, 2.45) is 0 Å². The Balaban J connectivity index is 1.74. The number of nitrogens with one attached hydrogen (secondary N) is 1. The van der Waals surface area contributed by atoms with Crippen molar-refractivity contribution < 1.29 is 4.92 Å². The zero-order valence-corrected chi connectivity index (χ0v) is 13.9. The van der Waals surface area contributed by atoms with Crippen LogP contribution in [-0.2, 0) is 6.54 Å². The maximum Gasteiger partial charge on any atom is 0.373 e. The van der Waals surface area contributed by atoms with Gasteiger partial charge in [-0.1, -0.05) is 23.5 Å². The average molecular weight is 356 g/mol. The molecule has 0 saturated carbocycles. The van der Waals surface area contributed by atoms with Gasteiger partial charge in [0, 0.05) is 12.4 Å². The number of para-hydroxylation sites is 1. The first-order chi connectivity index (χ1) is 12.0. The van der Waals surface area contributed by atoms with E-state index in [4.69, 9.17) is 0 Å². The summed E-state index contributed by atoms with van der Waals surface area (Å²) < 4.78 is 1.44. The maximum absolute atomic E-state index is 12.2. The van der Waals surface area contributed by atoms with E-state index < -0.39 is 4.92 Å². The number of imidazole rings is 1. The molecule has 1 aromatic carbocycles. The van der Waals surface area contributed by atoms with Crippen LogP contribution in [0.5, 0.6) is 0 Å². The molecule has 3 heterocycles. The van der Waals surface area contributed by atoms with Gasteiger partial charge in [-0.15, -0.1) is 0 Å². The molecule has 0 bridgehead atoms. The molecule has 9 nitrogen and oxygen atoms in total. The summed E-state index contributed by atoms with van der Waals surface area (Å²) in [6, 6.07) is 7.02. The molecule has 126 valence electrons. The molecule has 0 radical (unpaired) electrons. The van der Waals surface area contributed by atoms with Gasteiger partial charge < -0.3 is 20.0 Å². The van der Waals surface area contributed by atoms with Crippen molar-refractivity contribution in [3.8, 4) is 0 Å². The molecule has 0 unspecified atom stereocenters. The number of hydrogen-bond acceptors (Lipinski definition) is 7. The first-order valence-corrected chi connectivity index (χ1v) is 8.21. The van der Waals surface area contributed by atoms with Crippen molar-refractivity contribution in [1.82, 2.24) is 19.4 Å². The fourth-order valence-electron chi connectivity index (χ4n) is 2.70. The van der Waals surface area contributed by atoms with Gasteiger partial charge in [0.25, 0.3) is 10.5 Å². The van der Waals surface area contributed by atoms with Gasteiger partial charge in [0.15, 0.2) is 0 Å². The molecule has 0 spiro atoms. The predicted molar refractivity (Wildman–Crippen MR) is 94.2 cm³/mol. The fourth-order valence-corrected chi connectivity index (χ4v) is 3.40. The van der Waals surface area contributed by atoms with E-state index in [1.54, 1.807) is 47.8 Å². The van der Waals surface area contributed by atoms with Crippen molar-refractivity contribution >= 4 is 38.8 Å². The summed E-state index contributed by atoms with van der Waals surface area (Å²) >= 11 is 1.32. The SMILES string of the molecule is CN(Cc1nc2ccccc2c(=O)[nH]1)c1nc2sccn2c1[N+](=O)[O-]. The number of nitro groups is 1. The summed E-state index contributed by atoms with van der Waals surface area (Å²) in [5.74, 6) is 0.534. The Morgan fingerprint density at radius 3 is 2.96 bits per heavy atom. The Labute approximate surface area is 144 Å². The lowest BCUT2D eigenvalue weighted by atomic mass is 10.2. The zero-order chi connectivity index (χ0) is 17.6. The highest BCUT2D eigenvalue weighted by Gasteiger charge is 2.26. The Hall–Kier alpha value is -3.27. The Kier molecular flexibility index (Phi) is 3.46. The second kappa shape index (κ2) is 5.67. The number of fused-ring (bicyclic) bond motifs is 2. The first-order valence-electron chi connectivity index (χ1n) is 7.33. The minimum atomic E-state index is -0.463. The molecule has 3 aromatic heterocycles. The van der Waals surface area contributed by atoms with Crippen molar-refractivity contribution in [2.45, 2.75) is 6.54 Å². The van der Waals surface area contributed by atoms with E-state index in [1.165, 1.54) is 15.7 Å². The van der Waals surface area contributed by atoms with Gasteiger partial charge in [-0.3, -0.25) is 4.79 Å². The van der Waals surface area contributed by atoms with E-state index in [2.05, 4.69) is 15.0 Å². The van der Waals surface area contributed by atoms with Crippen LogP contribution in [0.15, 0.2) is 40.6 Å². The molecule has 0 aliphatic carbocycles. The molecule has 10 heteroatoms. The lowest BCUT2D eigenvalue weighted by Gasteiger charge is -2.15. The number of H-pyrrole nitrogens is 1. The molecule has 4 aromatic rings. The topological polar surface area (TPSA) is 109 Å². The third-order valence-electron chi connectivity index (χ3n) is 3.80. The number of aromatic amines is 1. The van der Waals surface area contributed by atoms with Gasteiger partial charge in [-0.05, 0) is 17.1 Å². The number of anilines is 1. The average Bonchev–Trinajstić information content (AvgIpc) is 3.15. The third-order valence-corrected chi connectivity index (χ3v) is 4.56. The third kappa shape index (κ3) is 2.52. The number of rotatable bonds is 4. The molecule has 1 N–H and O–H groups in total. The van der Waals surface area contributed by atoms with E-state index in [0.29, 0.717) is 21.7 Å². The molecule has 0 amide bonds. The van der Waals surface area contributed by atoms with E-state index in [-0.39, 0.29) is 23.7 Å². The highest BCUT2D eigenvalue weighted by molar-refractivity contribution is 7.15. The molecular weight excluding hydrogens is 344 g/mol. The molecule has 4 rings (SSSR count). The number of benzene rings is 1. The fraction of sp³-hybridized carbons (Fsp3) is 0.133. The molecule has 0 aliphatic heterocycles. The summed E-state index contributed by atoms with van der Waals surface area (Å²) in [6.45, 7) is 0.186. The predicted octanol–water partition coefficient (Wildman–Crippen LogP) is 2.18. The quantitative estimate of drug-likeness (QED) is 0.443. The maximum atomic E-state index is 12.2. The standard InChI is InChI=1S/C15H12N6O3S/c1-19(12-14(21(23)24)20-6-7-25-15(20)18-12)8-11-16-10-5-3-2-4-9(10)13(22)17-11/h2-7H,8H2,1H3,(H,16,17,22). The lowest BCUT2D eigenvalue weighted by molar-refractivity contribution is -0.389. The van der Waals surface area contributed by atoms with Crippen LogP contribution in [0.1, 0.15) is 5.82 Å². The largest absolute Gasteiger partial charge is 0.373 e. The lowest BCUT2D eigenvalue weighted by Crippen LogP contribution is -2.22. The van der Waals surface area contributed by atoms with E-state index in [9.17, 15) is 14.9 Å². The number of aromatic nitrogens is 4. The van der Waals surface area contributed by atoms with Crippen molar-refractivity contribution in [3.05, 3.63) is 62.1 Å². The normalized spacial score (nSPS) is 11.2. The highest BCUT2D eigenvalue weighted by atomic mass is 32.1. The summed E-state index contributed by atoms with van der Waals surface area (Å²) in [6.07, 6.45) is 1.61. The minimum Gasteiger partial charge on any atom is -0.358 e. The van der Waals surface area contributed by atoms with Crippen LogP contribution in [0.2, 0.25) is 0 Å². The van der Waals surface area contributed by atoms with Gasteiger partial charge in [-0.2, -0.15) is 9.38 Å². The van der Waals surface area contributed by atoms with Crippen LogP contribution in [0.4, 0.5) is 11.6 Å². The second-order valence-corrected chi connectivity index (χ2v) is 6.33. The van der Waals surface area contributed by atoms with Crippen molar-refractivity contribution in [1.29, 1.82) is 0 Å². The highest BCUT2D eigenvalue weighted by Crippen LogP contribution is 2.30. The van der Waals surface area contributed by atoms with Crippen molar-refractivity contribution in [2.75, 3.05) is 11.9 Å². The summed E-state index contributed by atoms with van der Waals surface area (Å²) in [4.78, 5) is 36.7. The van der Waals surface area contributed by atoms with Gasteiger partial charge >= 0.3 is 5.82 Å². The number of nitrogens with zero attached hydrogens (tertiary/aromatic N) is 5. The van der Waals surface area contributed by atoms with Crippen LogP contribution in [0, 0.1) is 10.1 Å². The Bertz CT molecular complexity index is 1160. The molecule has 25 heavy (non-hydrogen) atoms. The van der Waals surface area contributed by atoms with Crippen LogP contribution in [0.25, 0.3) is 15.9 Å². The summed E-state index contributed by atoms with van der Waals surface area (Å²) in [5, 5.41) is 13.7. The summed E-state index contributed by atoms with van der Waals surface area (Å²) in [7, 11) is 1.68. The number of thiazole rings is 1. The zero-order valence-electron chi connectivity index (χ0n) is 13.0. The molecule has 0 fully saturated rings. The first kappa shape index (κ1) is 15.3.